The highest BCUT2D eigenvalue weighted by atomic mass is 16.5. The molecule has 0 saturated heterocycles. The minimum Gasteiger partial charge on any atom is -0.382 e. The molecule has 2 amide bonds. The molecular weight excluding hydrogens is 294 g/mol. The van der Waals surface area contributed by atoms with Crippen LogP contribution in [0.1, 0.15) is 18.9 Å². The molecule has 6 heteroatoms. The standard InChI is InChI=1S/C17H23N3O3/c1-2-23-11-5-9-18-16(21)17(22)19-10-8-13-12-20-15-7-4-3-6-14(13)15/h3-4,6-7,12,20H,2,5,8-11H2,1H3,(H,18,21)(H,19,22). The smallest absolute Gasteiger partial charge is 0.309 e. The zero-order valence-corrected chi connectivity index (χ0v) is 13.4. The molecule has 0 radical (unpaired) electrons. The molecule has 124 valence electrons. The summed E-state index contributed by atoms with van der Waals surface area (Å²) in [5.74, 6) is -1.19. The number of amides is 2. The molecule has 0 bridgehead atoms. The average Bonchev–Trinajstić information content (AvgIpc) is 2.98. The Morgan fingerprint density at radius 1 is 1.13 bits per heavy atom. The number of nitrogens with one attached hydrogen (secondary N) is 3. The van der Waals surface area contributed by atoms with Crippen molar-refractivity contribution in [3.8, 4) is 0 Å². The maximum atomic E-state index is 11.7. The van der Waals surface area contributed by atoms with Gasteiger partial charge in [-0.1, -0.05) is 18.2 Å². The number of aromatic amines is 1. The third kappa shape index (κ3) is 5.10. The average molecular weight is 317 g/mol. The van der Waals surface area contributed by atoms with Crippen LogP contribution in [-0.2, 0) is 20.7 Å². The van der Waals surface area contributed by atoms with Crippen molar-refractivity contribution in [1.29, 1.82) is 0 Å². The number of rotatable bonds is 8. The van der Waals surface area contributed by atoms with Crippen LogP contribution < -0.4 is 10.6 Å². The van der Waals surface area contributed by atoms with Crippen LogP contribution in [0, 0.1) is 0 Å². The number of ether oxygens (including phenoxy) is 1. The highest BCUT2D eigenvalue weighted by Crippen LogP contribution is 2.17. The molecule has 0 aliphatic carbocycles. The zero-order chi connectivity index (χ0) is 16.5. The van der Waals surface area contributed by atoms with Crippen molar-refractivity contribution in [2.75, 3.05) is 26.3 Å². The third-order valence-corrected chi connectivity index (χ3v) is 3.52. The molecule has 0 atom stereocenters. The second-order valence-electron chi connectivity index (χ2n) is 5.17. The van der Waals surface area contributed by atoms with Gasteiger partial charge in [0.15, 0.2) is 0 Å². The van der Waals surface area contributed by atoms with Gasteiger partial charge in [-0.2, -0.15) is 0 Å². The molecular formula is C17H23N3O3. The van der Waals surface area contributed by atoms with Crippen molar-refractivity contribution in [2.45, 2.75) is 19.8 Å². The van der Waals surface area contributed by atoms with Crippen LogP contribution in [0.15, 0.2) is 30.5 Å². The van der Waals surface area contributed by atoms with Crippen LogP contribution in [0.5, 0.6) is 0 Å². The van der Waals surface area contributed by atoms with Crippen LogP contribution in [0.25, 0.3) is 10.9 Å². The highest BCUT2D eigenvalue weighted by molar-refractivity contribution is 6.35. The van der Waals surface area contributed by atoms with Crippen molar-refractivity contribution >= 4 is 22.7 Å². The maximum Gasteiger partial charge on any atom is 0.309 e. The van der Waals surface area contributed by atoms with E-state index in [0.29, 0.717) is 39.1 Å². The summed E-state index contributed by atoms with van der Waals surface area (Å²) in [6, 6.07) is 8.00. The fourth-order valence-electron chi connectivity index (χ4n) is 2.33. The van der Waals surface area contributed by atoms with Crippen LogP contribution >= 0.6 is 0 Å². The molecule has 3 N–H and O–H groups in total. The molecule has 1 heterocycles. The predicted molar refractivity (Wildman–Crippen MR) is 89.1 cm³/mol. The van der Waals surface area contributed by atoms with E-state index in [-0.39, 0.29) is 0 Å². The van der Waals surface area contributed by atoms with E-state index in [9.17, 15) is 9.59 Å². The lowest BCUT2D eigenvalue weighted by Crippen LogP contribution is -2.41. The second kappa shape index (κ2) is 8.95. The normalized spacial score (nSPS) is 10.7. The number of carbonyl (C=O) groups is 2. The molecule has 0 saturated carbocycles. The molecule has 1 aromatic heterocycles. The topological polar surface area (TPSA) is 83.2 Å². The number of benzene rings is 1. The minimum atomic E-state index is -0.597. The quantitative estimate of drug-likeness (QED) is 0.508. The van der Waals surface area contributed by atoms with Gasteiger partial charge in [-0.25, -0.2) is 0 Å². The van der Waals surface area contributed by atoms with Gasteiger partial charge in [0.1, 0.15) is 0 Å². The minimum absolute atomic E-state index is 0.424. The van der Waals surface area contributed by atoms with Crippen molar-refractivity contribution in [3.63, 3.8) is 0 Å². The number of fused-ring (bicyclic) bond motifs is 1. The van der Waals surface area contributed by atoms with Gasteiger partial charge >= 0.3 is 11.8 Å². The summed E-state index contributed by atoms with van der Waals surface area (Å²) in [6.45, 7) is 4.02. The van der Waals surface area contributed by atoms with Gasteiger partial charge < -0.3 is 20.4 Å². The van der Waals surface area contributed by atoms with E-state index in [1.54, 1.807) is 0 Å². The van der Waals surface area contributed by atoms with Gasteiger partial charge in [0.2, 0.25) is 0 Å². The van der Waals surface area contributed by atoms with Gasteiger partial charge in [0.05, 0.1) is 0 Å². The third-order valence-electron chi connectivity index (χ3n) is 3.52. The number of hydrogen-bond donors (Lipinski definition) is 3. The van der Waals surface area contributed by atoms with E-state index in [1.807, 2.05) is 37.4 Å². The van der Waals surface area contributed by atoms with Crippen LogP contribution in [0.3, 0.4) is 0 Å². The lowest BCUT2D eigenvalue weighted by Gasteiger charge is -2.06. The lowest BCUT2D eigenvalue weighted by atomic mass is 10.1. The molecule has 0 aliphatic heterocycles. The van der Waals surface area contributed by atoms with Gasteiger partial charge in [-0.15, -0.1) is 0 Å². The molecule has 1 aromatic carbocycles. The van der Waals surface area contributed by atoms with Crippen LogP contribution in [0.2, 0.25) is 0 Å². The summed E-state index contributed by atoms with van der Waals surface area (Å²) in [6.07, 6.45) is 3.31. The number of hydrogen-bond acceptors (Lipinski definition) is 3. The van der Waals surface area contributed by atoms with Gasteiger partial charge in [-0.05, 0) is 31.4 Å². The molecule has 0 aliphatic rings. The Labute approximate surface area is 135 Å². The lowest BCUT2D eigenvalue weighted by molar-refractivity contribution is -0.139. The molecule has 0 fully saturated rings. The first-order chi connectivity index (χ1) is 11.2. The Balaban J connectivity index is 1.69. The van der Waals surface area contributed by atoms with Crippen LogP contribution in [-0.4, -0.2) is 43.1 Å². The Morgan fingerprint density at radius 3 is 2.65 bits per heavy atom. The fraction of sp³-hybridized carbons (Fsp3) is 0.412. The summed E-state index contributed by atoms with van der Waals surface area (Å²) in [4.78, 5) is 26.5. The summed E-state index contributed by atoms with van der Waals surface area (Å²) in [5, 5.41) is 6.36. The van der Waals surface area contributed by atoms with E-state index < -0.39 is 11.8 Å². The maximum absolute atomic E-state index is 11.7. The molecule has 0 unspecified atom stereocenters. The number of H-pyrrole nitrogens is 1. The molecule has 2 aromatic rings. The SMILES string of the molecule is CCOCCCNC(=O)C(=O)NCCc1c[nH]c2ccccc12. The number of aromatic nitrogens is 1. The number of carbonyl (C=O) groups excluding carboxylic acids is 2. The summed E-state index contributed by atoms with van der Waals surface area (Å²) in [7, 11) is 0. The van der Waals surface area contributed by atoms with Gasteiger partial charge in [0, 0.05) is 43.4 Å². The molecule has 2 rings (SSSR count). The van der Waals surface area contributed by atoms with Crippen molar-refractivity contribution < 1.29 is 14.3 Å². The van der Waals surface area contributed by atoms with E-state index in [4.69, 9.17) is 4.74 Å². The summed E-state index contributed by atoms with van der Waals surface area (Å²) in [5.41, 5.74) is 2.19. The van der Waals surface area contributed by atoms with Gasteiger partial charge in [-0.3, -0.25) is 9.59 Å². The fourth-order valence-corrected chi connectivity index (χ4v) is 2.33. The zero-order valence-electron chi connectivity index (χ0n) is 13.4. The number of para-hydroxylation sites is 1. The first-order valence-corrected chi connectivity index (χ1v) is 7.91. The monoisotopic (exact) mass is 317 g/mol. The van der Waals surface area contributed by atoms with Crippen molar-refractivity contribution in [3.05, 3.63) is 36.0 Å². The highest BCUT2D eigenvalue weighted by Gasteiger charge is 2.12. The second-order valence-corrected chi connectivity index (χ2v) is 5.17. The van der Waals surface area contributed by atoms with Crippen molar-refractivity contribution in [2.24, 2.45) is 0 Å². The summed E-state index contributed by atoms with van der Waals surface area (Å²) < 4.78 is 5.16. The Morgan fingerprint density at radius 2 is 1.87 bits per heavy atom. The predicted octanol–water partition coefficient (Wildman–Crippen LogP) is 1.37. The first-order valence-electron chi connectivity index (χ1n) is 7.91. The van der Waals surface area contributed by atoms with E-state index >= 15 is 0 Å². The first kappa shape index (κ1) is 17.0. The van der Waals surface area contributed by atoms with Crippen LogP contribution in [0.4, 0.5) is 0 Å². The van der Waals surface area contributed by atoms with Gasteiger partial charge in [0.25, 0.3) is 0 Å². The Bertz CT molecular complexity index is 651. The largest absolute Gasteiger partial charge is 0.382 e. The molecule has 6 nitrogen and oxygen atoms in total. The Kier molecular flexibility index (Phi) is 6.62. The van der Waals surface area contributed by atoms with E-state index in [0.717, 1.165) is 16.5 Å². The van der Waals surface area contributed by atoms with Crippen molar-refractivity contribution in [1.82, 2.24) is 15.6 Å². The Hall–Kier alpha value is -2.34. The molecule has 23 heavy (non-hydrogen) atoms. The molecule has 0 spiro atoms. The summed E-state index contributed by atoms with van der Waals surface area (Å²) >= 11 is 0. The van der Waals surface area contributed by atoms with E-state index in [1.165, 1.54) is 0 Å². The van der Waals surface area contributed by atoms with E-state index in [2.05, 4.69) is 15.6 Å².